The van der Waals surface area contributed by atoms with Crippen LogP contribution in [-0.2, 0) is 9.53 Å². The number of nitrogens with zero attached hydrogens (tertiary/aromatic N) is 2. The molecule has 1 unspecified atom stereocenters. The van der Waals surface area contributed by atoms with E-state index in [0.717, 1.165) is 11.8 Å². The van der Waals surface area contributed by atoms with Gasteiger partial charge < -0.3 is 9.30 Å². The molecule has 0 aliphatic rings. The number of carbonyl (C=O) groups excluding carboxylic acids is 1. The summed E-state index contributed by atoms with van der Waals surface area (Å²) in [5.74, 6) is -0.843. The summed E-state index contributed by atoms with van der Waals surface area (Å²) in [6.45, 7) is 3.52. The number of halogens is 1. The van der Waals surface area contributed by atoms with Gasteiger partial charge in [0.25, 0.3) is 0 Å². The van der Waals surface area contributed by atoms with Crippen LogP contribution in [0.3, 0.4) is 0 Å². The molecule has 0 aliphatic heterocycles. The first-order chi connectivity index (χ1) is 8.06. The molecule has 0 amide bonds. The average Bonchev–Trinajstić information content (AvgIpc) is 2.66. The van der Waals surface area contributed by atoms with E-state index in [1.165, 1.54) is 7.11 Å². The second-order valence-corrected chi connectivity index (χ2v) is 3.94. The molecular formula is C12H13FN2O2. The minimum Gasteiger partial charge on any atom is -0.467 e. The molecule has 0 spiro atoms. The molecule has 0 aliphatic carbocycles. The number of hydrogen-bond donors (Lipinski definition) is 0. The largest absolute Gasteiger partial charge is 0.467 e. The van der Waals surface area contributed by atoms with Crippen molar-refractivity contribution in [1.82, 2.24) is 9.55 Å². The van der Waals surface area contributed by atoms with Crippen LogP contribution < -0.4 is 0 Å². The Morgan fingerprint density at radius 2 is 2.24 bits per heavy atom. The fraction of sp³-hybridized carbons (Fsp3) is 0.333. The lowest BCUT2D eigenvalue weighted by Crippen LogP contribution is -2.17. The molecule has 0 radical (unpaired) electrons. The van der Waals surface area contributed by atoms with Crippen LogP contribution in [0.25, 0.3) is 10.9 Å². The molecule has 0 bridgehead atoms. The van der Waals surface area contributed by atoms with E-state index in [2.05, 4.69) is 9.72 Å². The van der Waals surface area contributed by atoms with Crippen LogP contribution in [0.2, 0.25) is 0 Å². The summed E-state index contributed by atoms with van der Waals surface area (Å²) in [5.41, 5.74) is 1.26. The van der Waals surface area contributed by atoms with Gasteiger partial charge in [0.15, 0.2) is 5.82 Å². The summed E-state index contributed by atoms with van der Waals surface area (Å²) in [6, 6.07) is -0.562. The molecule has 2 rings (SSSR count). The van der Waals surface area contributed by atoms with Crippen molar-refractivity contribution in [1.29, 1.82) is 0 Å². The van der Waals surface area contributed by atoms with Crippen molar-refractivity contribution >= 4 is 16.9 Å². The molecule has 4 nitrogen and oxygen atoms in total. The Morgan fingerprint density at radius 1 is 1.53 bits per heavy atom. The van der Waals surface area contributed by atoms with E-state index in [4.69, 9.17) is 0 Å². The van der Waals surface area contributed by atoms with Gasteiger partial charge in [-0.1, -0.05) is 0 Å². The van der Waals surface area contributed by atoms with Crippen molar-refractivity contribution < 1.29 is 13.9 Å². The zero-order valence-electron chi connectivity index (χ0n) is 9.90. The molecule has 17 heavy (non-hydrogen) atoms. The van der Waals surface area contributed by atoms with Gasteiger partial charge in [-0.25, -0.2) is 9.18 Å². The molecule has 2 heterocycles. The second-order valence-electron chi connectivity index (χ2n) is 3.94. The Kier molecular flexibility index (Phi) is 2.83. The fourth-order valence-electron chi connectivity index (χ4n) is 1.91. The lowest BCUT2D eigenvalue weighted by Gasteiger charge is -2.12. The van der Waals surface area contributed by atoms with Crippen LogP contribution in [0, 0.1) is 12.7 Å². The zero-order chi connectivity index (χ0) is 12.6. The van der Waals surface area contributed by atoms with Gasteiger partial charge in [0.2, 0.25) is 0 Å². The Labute approximate surface area is 98.0 Å². The van der Waals surface area contributed by atoms with Crippen molar-refractivity contribution in [3.05, 3.63) is 30.0 Å². The number of aryl methyl sites for hydroxylation is 1. The number of rotatable bonds is 2. The number of carbonyl (C=O) groups is 1. The summed E-state index contributed by atoms with van der Waals surface area (Å²) in [7, 11) is 1.31. The lowest BCUT2D eigenvalue weighted by molar-refractivity contribution is -0.143. The number of fused-ring (bicyclic) bond motifs is 1. The maximum absolute atomic E-state index is 13.8. The summed E-state index contributed by atoms with van der Waals surface area (Å²) in [6.07, 6.45) is 4.47. The highest BCUT2D eigenvalue weighted by atomic mass is 19.1. The standard InChI is InChI=1S/C12H13FN2O2/c1-7-6-15(8(2)12(16)17-3)11-9(7)4-14-5-10(11)13/h4-6,8H,1-3H3. The first-order valence-electron chi connectivity index (χ1n) is 5.24. The van der Waals surface area contributed by atoms with Crippen molar-refractivity contribution in [2.24, 2.45) is 0 Å². The van der Waals surface area contributed by atoms with Gasteiger partial charge in [-0.3, -0.25) is 4.98 Å². The first-order valence-corrected chi connectivity index (χ1v) is 5.24. The second kappa shape index (κ2) is 4.16. The van der Waals surface area contributed by atoms with E-state index in [-0.39, 0.29) is 0 Å². The summed E-state index contributed by atoms with van der Waals surface area (Å²) in [4.78, 5) is 15.3. The van der Waals surface area contributed by atoms with Crippen LogP contribution in [0.4, 0.5) is 4.39 Å². The molecule has 0 fully saturated rings. The van der Waals surface area contributed by atoms with Gasteiger partial charge in [-0.2, -0.15) is 0 Å². The fourth-order valence-corrected chi connectivity index (χ4v) is 1.91. The van der Waals surface area contributed by atoms with E-state index in [1.807, 2.05) is 6.92 Å². The number of esters is 1. The minimum absolute atomic E-state index is 0.385. The van der Waals surface area contributed by atoms with E-state index >= 15 is 0 Å². The minimum atomic E-state index is -0.562. The SMILES string of the molecule is COC(=O)C(C)n1cc(C)c2cncc(F)c21. The van der Waals surface area contributed by atoms with E-state index in [9.17, 15) is 9.18 Å². The van der Waals surface area contributed by atoms with Crippen molar-refractivity contribution in [3.8, 4) is 0 Å². The third-order valence-corrected chi connectivity index (χ3v) is 2.85. The Bertz CT molecular complexity index is 577. The molecule has 2 aromatic heterocycles. The highest BCUT2D eigenvalue weighted by molar-refractivity contribution is 5.85. The molecule has 0 saturated carbocycles. The Morgan fingerprint density at radius 3 is 2.88 bits per heavy atom. The Balaban J connectivity index is 2.66. The van der Waals surface area contributed by atoms with Crippen LogP contribution >= 0.6 is 0 Å². The average molecular weight is 236 g/mol. The monoisotopic (exact) mass is 236 g/mol. The molecule has 0 N–H and O–H groups in total. The van der Waals surface area contributed by atoms with E-state index < -0.39 is 17.8 Å². The number of methoxy groups -OCH3 is 1. The maximum Gasteiger partial charge on any atom is 0.328 e. The van der Waals surface area contributed by atoms with Gasteiger partial charge in [-0.15, -0.1) is 0 Å². The predicted octanol–water partition coefficient (Wildman–Crippen LogP) is 2.22. The summed E-state index contributed by atoms with van der Waals surface area (Å²) in [5, 5.41) is 0.709. The number of hydrogen-bond acceptors (Lipinski definition) is 3. The molecular weight excluding hydrogens is 223 g/mol. The highest BCUT2D eigenvalue weighted by Crippen LogP contribution is 2.25. The third-order valence-electron chi connectivity index (χ3n) is 2.85. The number of aromatic nitrogens is 2. The van der Waals surface area contributed by atoms with E-state index in [1.54, 1.807) is 23.9 Å². The van der Waals surface area contributed by atoms with Crippen LogP contribution in [0.5, 0.6) is 0 Å². The van der Waals surface area contributed by atoms with Gasteiger partial charge in [0.1, 0.15) is 6.04 Å². The van der Waals surface area contributed by atoms with Crippen LogP contribution in [0.15, 0.2) is 18.6 Å². The van der Waals surface area contributed by atoms with Gasteiger partial charge in [0.05, 0.1) is 18.8 Å². The van der Waals surface area contributed by atoms with Crippen LogP contribution in [-0.4, -0.2) is 22.6 Å². The van der Waals surface area contributed by atoms with Crippen molar-refractivity contribution in [2.45, 2.75) is 19.9 Å². The quantitative estimate of drug-likeness (QED) is 0.751. The Hall–Kier alpha value is -1.91. The molecule has 90 valence electrons. The number of pyridine rings is 1. The lowest BCUT2D eigenvalue weighted by atomic mass is 10.2. The molecule has 5 heteroatoms. The predicted molar refractivity (Wildman–Crippen MR) is 61.2 cm³/mol. The van der Waals surface area contributed by atoms with Gasteiger partial charge >= 0.3 is 5.97 Å². The van der Waals surface area contributed by atoms with Crippen molar-refractivity contribution in [3.63, 3.8) is 0 Å². The summed E-state index contributed by atoms with van der Waals surface area (Å²) < 4.78 is 20.0. The smallest absolute Gasteiger partial charge is 0.328 e. The van der Waals surface area contributed by atoms with E-state index in [0.29, 0.717) is 10.9 Å². The normalized spacial score (nSPS) is 12.7. The van der Waals surface area contributed by atoms with Gasteiger partial charge in [-0.05, 0) is 19.4 Å². The third kappa shape index (κ3) is 1.77. The van der Waals surface area contributed by atoms with Gasteiger partial charge in [0, 0.05) is 17.8 Å². The first kappa shape index (κ1) is 11.6. The zero-order valence-corrected chi connectivity index (χ0v) is 9.90. The van der Waals surface area contributed by atoms with Crippen LogP contribution in [0.1, 0.15) is 18.5 Å². The molecule has 1 atom stereocenters. The maximum atomic E-state index is 13.8. The molecule has 2 aromatic rings. The summed E-state index contributed by atoms with van der Waals surface area (Å²) >= 11 is 0. The number of ether oxygens (including phenoxy) is 1. The molecule has 0 saturated heterocycles. The topological polar surface area (TPSA) is 44.1 Å². The van der Waals surface area contributed by atoms with Crippen molar-refractivity contribution in [2.75, 3.05) is 7.11 Å². The highest BCUT2D eigenvalue weighted by Gasteiger charge is 2.20. The molecule has 0 aromatic carbocycles.